The maximum atomic E-state index is 12.6. The zero-order valence-corrected chi connectivity index (χ0v) is 6.14. The molecule has 1 aliphatic rings. The smallest absolute Gasteiger partial charge is 0.222 e. The molecular weight excluding hydrogens is 133 g/mol. The van der Waals surface area contributed by atoms with Gasteiger partial charge in [0.15, 0.2) is 0 Å². The van der Waals surface area contributed by atoms with E-state index in [4.69, 9.17) is 0 Å². The summed E-state index contributed by atoms with van der Waals surface area (Å²) >= 11 is 0. The predicted octanol–water partition coefficient (Wildman–Crippen LogP) is 0.967. The van der Waals surface area contributed by atoms with Crippen molar-refractivity contribution in [3.63, 3.8) is 0 Å². The third-order valence-electron chi connectivity index (χ3n) is 1.82. The van der Waals surface area contributed by atoms with E-state index >= 15 is 0 Å². The Morgan fingerprint density at radius 2 is 2.50 bits per heavy atom. The highest BCUT2D eigenvalue weighted by Gasteiger charge is 2.23. The monoisotopic (exact) mass is 145 g/mol. The fourth-order valence-corrected chi connectivity index (χ4v) is 1.18. The van der Waals surface area contributed by atoms with Gasteiger partial charge in [-0.3, -0.25) is 4.79 Å². The first-order valence-corrected chi connectivity index (χ1v) is 3.66. The van der Waals surface area contributed by atoms with Gasteiger partial charge < -0.3 is 4.90 Å². The molecule has 0 saturated carbocycles. The molecule has 1 unspecified atom stereocenters. The van der Waals surface area contributed by atoms with Crippen molar-refractivity contribution in [3.05, 3.63) is 0 Å². The van der Waals surface area contributed by atoms with Crippen LogP contribution in [0, 0.1) is 0 Å². The normalized spacial score (nSPS) is 27.2. The number of rotatable bonds is 1. The average molecular weight is 145 g/mol. The third-order valence-corrected chi connectivity index (χ3v) is 1.82. The molecule has 3 heteroatoms. The predicted molar refractivity (Wildman–Crippen MR) is 36.4 cm³/mol. The average Bonchev–Trinajstić information content (AvgIpc) is 1.94. The number of piperidine rings is 1. The molecule has 10 heavy (non-hydrogen) atoms. The Morgan fingerprint density at radius 3 is 3.00 bits per heavy atom. The van der Waals surface area contributed by atoms with Crippen LogP contribution in [0.25, 0.3) is 0 Å². The molecule has 1 fully saturated rings. The van der Waals surface area contributed by atoms with Gasteiger partial charge in [0, 0.05) is 13.0 Å². The summed E-state index contributed by atoms with van der Waals surface area (Å²) in [7, 11) is 0. The number of likely N-dealkylation sites (tertiary alicyclic amines) is 1. The Bertz CT molecular complexity index is 138. The number of alkyl halides is 1. The molecular formula is C7H12FNO. The number of hydrogen-bond donors (Lipinski definition) is 0. The van der Waals surface area contributed by atoms with Gasteiger partial charge in [-0.2, -0.15) is 0 Å². The lowest BCUT2D eigenvalue weighted by Gasteiger charge is -2.27. The first-order chi connectivity index (χ1) is 4.74. The lowest BCUT2D eigenvalue weighted by Crippen LogP contribution is -2.40. The van der Waals surface area contributed by atoms with Gasteiger partial charge in [-0.1, -0.05) is 0 Å². The molecule has 0 aromatic heterocycles. The highest BCUT2D eigenvalue weighted by Crippen LogP contribution is 2.13. The van der Waals surface area contributed by atoms with Crippen molar-refractivity contribution in [2.75, 3.05) is 13.1 Å². The molecule has 1 aliphatic heterocycles. The zero-order chi connectivity index (χ0) is 7.56. The fraction of sp³-hybridized carbons (Fsp3) is 0.857. The highest BCUT2D eigenvalue weighted by atomic mass is 19.1. The molecule has 0 aromatic carbocycles. The Kier molecular flexibility index (Phi) is 2.25. The molecule has 58 valence electrons. The van der Waals surface area contributed by atoms with E-state index in [1.807, 2.05) is 6.92 Å². The van der Waals surface area contributed by atoms with E-state index in [9.17, 15) is 9.18 Å². The molecule has 1 saturated heterocycles. The Morgan fingerprint density at radius 1 is 1.80 bits per heavy atom. The quantitative estimate of drug-likeness (QED) is 0.538. The molecule has 0 N–H and O–H groups in total. The van der Waals surface area contributed by atoms with Crippen molar-refractivity contribution in [2.24, 2.45) is 0 Å². The Hall–Kier alpha value is -0.600. The number of hydrogen-bond acceptors (Lipinski definition) is 1. The maximum absolute atomic E-state index is 12.6. The summed E-state index contributed by atoms with van der Waals surface area (Å²) in [5.74, 6) is 0.0939. The third kappa shape index (κ3) is 1.46. The van der Waals surface area contributed by atoms with Crippen LogP contribution in [0.2, 0.25) is 0 Å². The van der Waals surface area contributed by atoms with Crippen LogP contribution < -0.4 is 0 Å². The van der Waals surface area contributed by atoms with Gasteiger partial charge in [0.2, 0.25) is 5.91 Å². The van der Waals surface area contributed by atoms with Crippen LogP contribution in [0.15, 0.2) is 0 Å². The van der Waals surface area contributed by atoms with Crippen molar-refractivity contribution in [1.82, 2.24) is 4.90 Å². The van der Waals surface area contributed by atoms with E-state index in [-0.39, 0.29) is 5.91 Å². The molecule has 1 heterocycles. The SMILES string of the molecule is CCN1CC(F)CCC1=O. The summed E-state index contributed by atoms with van der Waals surface area (Å²) in [6.45, 7) is 2.81. The number of halogens is 1. The second kappa shape index (κ2) is 2.99. The van der Waals surface area contributed by atoms with Crippen molar-refractivity contribution in [2.45, 2.75) is 25.9 Å². The maximum Gasteiger partial charge on any atom is 0.222 e. The van der Waals surface area contributed by atoms with Crippen LogP contribution in [-0.4, -0.2) is 30.1 Å². The van der Waals surface area contributed by atoms with Crippen LogP contribution >= 0.6 is 0 Å². The van der Waals surface area contributed by atoms with Crippen LogP contribution in [0.5, 0.6) is 0 Å². The molecule has 0 bridgehead atoms. The summed E-state index contributed by atoms with van der Waals surface area (Å²) < 4.78 is 12.6. The first-order valence-electron chi connectivity index (χ1n) is 3.66. The van der Waals surface area contributed by atoms with Gasteiger partial charge in [0.05, 0.1) is 6.54 Å². The van der Waals surface area contributed by atoms with Crippen LogP contribution in [0.4, 0.5) is 4.39 Å². The fourth-order valence-electron chi connectivity index (χ4n) is 1.18. The minimum atomic E-state index is -0.794. The molecule has 0 spiro atoms. The van der Waals surface area contributed by atoms with Gasteiger partial charge in [0.25, 0.3) is 0 Å². The minimum Gasteiger partial charge on any atom is -0.340 e. The van der Waals surface area contributed by atoms with Gasteiger partial charge in [-0.05, 0) is 13.3 Å². The first kappa shape index (κ1) is 7.51. The van der Waals surface area contributed by atoms with Gasteiger partial charge in [-0.25, -0.2) is 4.39 Å². The highest BCUT2D eigenvalue weighted by molar-refractivity contribution is 5.76. The molecule has 0 radical (unpaired) electrons. The molecule has 2 nitrogen and oxygen atoms in total. The molecule has 0 aliphatic carbocycles. The summed E-state index contributed by atoms with van der Waals surface area (Å²) in [6, 6.07) is 0. The number of carbonyl (C=O) groups is 1. The van der Waals surface area contributed by atoms with Crippen molar-refractivity contribution in [1.29, 1.82) is 0 Å². The minimum absolute atomic E-state index is 0.0939. The second-order valence-corrected chi connectivity index (χ2v) is 2.57. The van der Waals surface area contributed by atoms with Crippen LogP contribution in [0.3, 0.4) is 0 Å². The largest absolute Gasteiger partial charge is 0.340 e. The summed E-state index contributed by atoms with van der Waals surface area (Å²) in [6.07, 6.45) is 0.00213. The van der Waals surface area contributed by atoms with E-state index in [1.165, 1.54) is 0 Å². The molecule has 1 amide bonds. The van der Waals surface area contributed by atoms with E-state index in [1.54, 1.807) is 4.90 Å². The van der Waals surface area contributed by atoms with Crippen molar-refractivity contribution >= 4 is 5.91 Å². The molecule has 0 aromatic rings. The van der Waals surface area contributed by atoms with Gasteiger partial charge in [-0.15, -0.1) is 0 Å². The number of nitrogens with zero attached hydrogens (tertiary/aromatic N) is 1. The number of carbonyl (C=O) groups excluding carboxylic acids is 1. The topological polar surface area (TPSA) is 20.3 Å². The van der Waals surface area contributed by atoms with Gasteiger partial charge >= 0.3 is 0 Å². The molecule has 1 atom stereocenters. The van der Waals surface area contributed by atoms with E-state index < -0.39 is 6.17 Å². The zero-order valence-electron chi connectivity index (χ0n) is 6.14. The standard InChI is InChI=1S/C7H12FNO/c1-2-9-5-6(8)3-4-7(9)10/h6H,2-5H2,1H3. The Balaban J connectivity index is 2.45. The van der Waals surface area contributed by atoms with Crippen molar-refractivity contribution in [3.8, 4) is 0 Å². The van der Waals surface area contributed by atoms with Crippen LogP contribution in [-0.2, 0) is 4.79 Å². The Labute approximate surface area is 60.0 Å². The molecule has 1 rings (SSSR count). The van der Waals surface area contributed by atoms with Crippen molar-refractivity contribution < 1.29 is 9.18 Å². The summed E-state index contributed by atoms with van der Waals surface area (Å²) in [5.41, 5.74) is 0. The summed E-state index contributed by atoms with van der Waals surface area (Å²) in [5, 5.41) is 0. The lowest BCUT2D eigenvalue weighted by atomic mass is 10.1. The second-order valence-electron chi connectivity index (χ2n) is 2.57. The van der Waals surface area contributed by atoms with Crippen LogP contribution in [0.1, 0.15) is 19.8 Å². The van der Waals surface area contributed by atoms with E-state index in [0.29, 0.717) is 25.9 Å². The van der Waals surface area contributed by atoms with E-state index in [0.717, 1.165) is 0 Å². The van der Waals surface area contributed by atoms with E-state index in [2.05, 4.69) is 0 Å². The summed E-state index contributed by atoms with van der Waals surface area (Å²) in [4.78, 5) is 12.5. The number of amides is 1. The van der Waals surface area contributed by atoms with Gasteiger partial charge in [0.1, 0.15) is 6.17 Å². The lowest BCUT2D eigenvalue weighted by molar-refractivity contribution is -0.134.